The SMILES string of the molecule is CCCC.CCCN(CCOCC1(O)CCCCC1)C(C)=O.OCCC1(O)CCCCC1. The van der Waals surface area contributed by atoms with Gasteiger partial charge in [0.15, 0.2) is 0 Å². The molecule has 6 heteroatoms. The number of rotatable bonds is 10. The number of hydrogen-bond acceptors (Lipinski definition) is 5. The average Bonchev–Trinajstić information content (AvgIpc) is 2.77. The van der Waals surface area contributed by atoms with Crippen molar-refractivity contribution in [3.05, 3.63) is 0 Å². The van der Waals surface area contributed by atoms with Crippen LogP contribution in [0.4, 0.5) is 0 Å². The Morgan fingerprint density at radius 2 is 1.31 bits per heavy atom. The van der Waals surface area contributed by atoms with Gasteiger partial charge >= 0.3 is 0 Å². The second kappa shape index (κ2) is 18.7. The molecule has 1 amide bonds. The Balaban J connectivity index is 0.000000573. The van der Waals surface area contributed by atoms with Gasteiger partial charge in [0.2, 0.25) is 5.91 Å². The molecule has 0 bridgehead atoms. The molecule has 0 spiro atoms. The second-order valence-corrected chi connectivity index (χ2v) is 9.60. The van der Waals surface area contributed by atoms with E-state index in [1.165, 1.54) is 25.7 Å². The van der Waals surface area contributed by atoms with Gasteiger partial charge in [-0.25, -0.2) is 0 Å². The number of hydrogen-bond donors (Lipinski definition) is 3. The van der Waals surface area contributed by atoms with Gasteiger partial charge in [-0.2, -0.15) is 0 Å². The normalized spacial score (nSPS) is 19.1. The van der Waals surface area contributed by atoms with Gasteiger partial charge in [-0.1, -0.05) is 72.1 Å². The Kier molecular flexibility index (Phi) is 18.3. The van der Waals surface area contributed by atoms with Crippen molar-refractivity contribution < 1.29 is 24.9 Å². The summed E-state index contributed by atoms with van der Waals surface area (Å²) in [6.45, 7) is 10.5. The lowest BCUT2D eigenvalue weighted by Gasteiger charge is -2.32. The van der Waals surface area contributed by atoms with E-state index in [0.29, 0.717) is 26.2 Å². The van der Waals surface area contributed by atoms with Crippen molar-refractivity contribution in [1.82, 2.24) is 4.90 Å². The van der Waals surface area contributed by atoms with Crippen molar-refractivity contribution in [2.45, 2.75) is 129 Å². The van der Waals surface area contributed by atoms with Crippen LogP contribution in [0.25, 0.3) is 0 Å². The molecule has 2 fully saturated rings. The highest BCUT2D eigenvalue weighted by atomic mass is 16.5. The van der Waals surface area contributed by atoms with Gasteiger partial charge in [-0.3, -0.25) is 4.79 Å². The Morgan fingerprint density at radius 3 is 1.72 bits per heavy atom. The third kappa shape index (κ3) is 15.2. The summed E-state index contributed by atoms with van der Waals surface area (Å²) < 4.78 is 5.56. The van der Waals surface area contributed by atoms with Crippen molar-refractivity contribution >= 4 is 5.91 Å². The minimum Gasteiger partial charge on any atom is -0.396 e. The van der Waals surface area contributed by atoms with Gasteiger partial charge in [0.05, 0.1) is 24.4 Å². The summed E-state index contributed by atoms with van der Waals surface area (Å²) in [6, 6.07) is 0. The molecule has 2 aliphatic rings. The molecule has 0 aromatic heterocycles. The molecule has 192 valence electrons. The van der Waals surface area contributed by atoms with Crippen LogP contribution in [0.2, 0.25) is 0 Å². The zero-order chi connectivity index (χ0) is 24.3. The lowest BCUT2D eigenvalue weighted by Crippen LogP contribution is -2.38. The molecular weight excluding hydrogens is 406 g/mol. The molecule has 0 heterocycles. The minimum absolute atomic E-state index is 0.0943. The molecule has 2 aliphatic carbocycles. The summed E-state index contributed by atoms with van der Waals surface area (Å²) in [5.74, 6) is 0.0943. The maximum atomic E-state index is 11.3. The number of amides is 1. The number of carbonyl (C=O) groups excluding carboxylic acids is 1. The van der Waals surface area contributed by atoms with Crippen molar-refractivity contribution in [2.24, 2.45) is 0 Å². The van der Waals surface area contributed by atoms with E-state index < -0.39 is 11.2 Å². The van der Waals surface area contributed by atoms with Gasteiger partial charge in [0, 0.05) is 26.6 Å². The molecule has 0 aliphatic heterocycles. The van der Waals surface area contributed by atoms with E-state index in [4.69, 9.17) is 9.84 Å². The predicted octanol–water partition coefficient (Wildman–Crippen LogP) is 4.83. The van der Waals surface area contributed by atoms with E-state index in [9.17, 15) is 15.0 Å². The Bertz CT molecular complexity index is 438. The zero-order valence-corrected chi connectivity index (χ0v) is 21.5. The van der Waals surface area contributed by atoms with Crippen LogP contribution in [-0.4, -0.2) is 70.2 Å². The fourth-order valence-electron chi connectivity index (χ4n) is 4.16. The summed E-state index contributed by atoms with van der Waals surface area (Å²) >= 11 is 0. The zero-order valence-electron chi connectivity index (χ0n) is 21.5. The standard InChI is InChI=1S/C14H27NO3.C8H16O2.C4H10/c1-3-9-15(13(2)16)10-11-18-12-14(17)7-5-4-6-8-14;9-7-6-8(10)4-2-1-3-5-8;1-3-4-2/h17H,3-12H2,1-2H3;9-10H,1-7H2;3-4H2,1-2H3. The minimum atomic E-state index is -0.621. The Morgan fingerprint density at radius 1 is 0.812 bits per heavy atom. The van der Waals surface area contributed by atoms with Gasteiger partial charge in [0.1, 0.15) is 0 Å². The monoisotopic (exact) mass is 459 g/mol. The number of nitrogens with zero attached hydrogens (tertiary/aromatic N) is 1. The maximum absolute atomic E-state index is 11.3. The number of aliphatic hydroxyl groups excluding tert-OH is 1. The molecule has 32 heavy (non-hydrogen) atoms. The third-order valence-corrected chi connectivity index (χ3v) is 6.46. The number of ether oxygens (including phenoxy) is 1. The molecule has 2 saturated carbocycles. The first kappa shape index (κ1) is 31.3. The van der Waals surface area contributed by atoms with E-state index in [2.05, 4.69) is 20.8 Å². The number of carbonyl (C=O) groups is 1. The smallest absolute Gasteiger partial charge is 0.219 e. The summed E-state index contributed by atoms with van der Waals surface area (Å²) in [7, 11) is 0. The summed E-state index contributed by atoms with van der Waals surface area (Å²) in [4.78, 5) is 13.1. The van der Waals surface area contributed by atoms with Crippen LogP contribution in [-0.2, 0) is 9.53 Å². The van der Waals surface area contributed by atoms with Gasteiger partial charge in [0.25, 0.3) is 0 Å². The Hall–Kier alpha value is -0.690. The highest BCUT2D eigenvalue weighted by Gasteiger charge is 2.29. The van der Waals surface area contributed by atoms with Crippen LogP contribution >= 0.6 is 0 Å². The van der Waals surface area contributed by atoms with Crippen LogP contribution in [0.15, 0.2) is 0 Å². The second-order valence-electron chi connectivity index (χ2n) is 9.60. The van der Waals surface area contributed by atoms with Crippen molar-refractivity contribution in [3.8, 4) is 0 Å². The number of unbranched alkanes of at least 4 members (excludes halogenated alkanes) is 1. The van der Waals surface area contributed by atoms with E-state index >= 15 is 0 Å². The molecule has 0 unspecified atom stereocenters. The fourth-order valence-corrected chi connectivity index (χ4v) is 4.16. The largest absolute Gasteiger partial charge is 0.396 e. The van der Waals surface area contributed by atoms with Crippen molar-refractivity contribution in [2.75, 3.05) is 32.9 Å². The van der Waals surface area contributed by atoms with E-state index in [1.807, 2.05) is 0 Å². The van der Waals surface area contributed by atoms with Crippen LogP contribution in [0.5, 0.6) is 0 Å². The lowest BCUT2D eigenvalue weighted by molar-refractivity contribution is -0.130. The fraction of sp³-hybridized carbons (Fsp3) is 0.962. The quantitative estimate of drug-likeness (QED) is 0.407. The topological polar surface area (TPSA) is 90.2 Å². The van der Waals surface area contributed by atoms with Crippen LogP contribution in [0.1, 0.15) is 118 Å². The highest BCUT2D eigenvalue weighted by Crippen LogP contribution is 2.30. The summed E-state index contributed by atoms with van der Waals surface area (Å²) in [5, 5.41) is 28.6. The van der Waals surface area contributed by atoms with E-state index in [0.717, 1.165) is 64.3 Å². The lowest BCUT2D eigenvalue weighted by atomic mass is 9.83. The van der Waals surface area contributed by atoms with Crippen LogP contribution in [0, 0.1) is 0 Å². The summed E-state index contributed by atoms with van der Waals surface area (Å²) in [6.07, 6.45) is 14.5. The number of aliphatic hydroxyl groups is 3. The molecule has 0 aromatic rings. The first-order valence-electron chi connectivity index (χ1n) is 13.1. The van der Waals surface area contributed by atoms with E-state index in [-0.39, 0.29) is 12.5 Å². The third-order valence-electron chi connectivity index (χ3n) is 6.46. The molecule has 0 aromatic carbocycles. The van der Waals surface area contributed by atoms with E-state index in [1.54, 1.807) is 11.8 Å². The first-order valence-corrected chi connectivity index (χ1v) is 13.1. The van der Waals surface area contributed by atoms with Crippen LogP contribution < -0.4 is 0 Å². The summed E-state index contributed by atoms with van der Waals surface area (Å²) in [5.41, 5.74) is -1.14. The molecule has 2 rings (SSSR count). The van der Waals surface area contributed by atoms with Crippen molar-refractivity contribution in [3.63, 3.8) is 0 Å². The molecule has 6 nitrogen and oxygen atoms in total. The first-order chi connectivity index (χ1) is 15.3. The van der Waals surface area contributed by atoms with Crippen LogP contribution in [0.3, 0.4) is 0 Å². The maximum Gasteiger partial charge on any atom is 0.219 e. The predicted molar refractivity (Wildman–Crippen MR) is 132 cm³/mol. The molecule has 3 N–H and O–H groups in total. The van der Waals surface area contributed by atoms with Gasteiger partial charge < -0.3 is 25.0 Å². The molecule has 0 radical (unpaired) electrons. The van der Waals surface area contributed by atoms with Gasteiger partial charge in [-0.15, -0.1) is 0 Å². The molecule has 0 saturated heterocycles. The Labute approximate surface area is 197 Å². The highest BCUT2D eigenvalue weighted by molar-refractivity contribution is 5.73. The van der Waals surface area contributed by atoms with Gasteiger partial charge in [-0.05, 0) is 38.5 Å². The molecular formula is C26H53NO5. The van der Waals surface area contributed by atoms with Crippen molar-refractivity contribution in [1.29, 1.82) is 0 Å². The molecule has 0 atom stereocenters. The average molecular weight is 460 g/mol.